The molecule has 1 unspecified atom stereocenters. The molecule has 16 heavy (non-hydrogen) atoms. The van der Waals surface area contributed by atoms with E-state index in [4.69, 9.17) is 11.5 Å². The molecule has 90 valence electrons. The van der Waals surface area contributed by atoms with E-state index in [2.05, 4.69) is 44.0 Å². The second-order valence-electron chi connectivity index (χ2n) is 4.62. The molecule has 0 aromatic heterocycles. The number of nitrogens with zero attached hydrogens (tertiary/aromatic N) is 1. The predicted octanol–water partition coefficient (Wildman–Crippen LogP) is 1.02. The van der Waals surface area contributed by atoms with Gasteiger partial charge in [0.15, 0.2) is 0 Å². The van der Waals surface area contributed by atoms with Crippen LogP contribution in [-0.4, -0.2) is 31.1 Å². The molecule has 0 amide bonds. The Hall–Kier alpha value is -0.900. The van der Waals surface area contributed by atoms with Gasteiger partial charge in [0.05, 0.1) is 0 Å². The highest BCUT2D eigenvalue weighted by atomic mass is 15.1. The first-order valence-electron chi connectivity index (χ1n) is 5.73. The zero-order chi connectivity index (χ0) is 12.1. The van der Waals surface area contributed by atoms with Crippen LogP contribution in [0.3, 0.4) is 0 Å². The summed E-state index contributed by atoms with van der Waals surface area (Å²) in [7, 11) is 2.08. The molecule has 0 saturated heterocycles. The van der Waals surface area contributed by atoms with Gasteiger partial charge in [-0.25, -0.2) is 0 Å². The van der Waals surface area contributed by atoms with Crippen LogP contribution in [0.2, 0.25) is 0 Å². The summed E-state index contributed by atoms with van der Waals surface area (Å²) >= 11 is 0. The minimum absolute atomic E-state index is 0.0649. The Balaban J connectivity index is 2.61. The predicted molar refractivity (Wildman–Crippen MR) is 69.3 cm³/mol. The van der Waals surface area contributed by atoms with Gasteiger partial charge in [-0.1, -0.05) is 23.8 Å². The first kappa shape index (κ1) is 13.2. The van der Waals surface area contributed by atoms with E-state index in [0.717, 1.165) is 13.1 Å². The van der Waals surface area contributed by atoms with Crippen LogP contribution >= 0.6 is 0 Å². The van der Waals surface area contributed by atoms with E-state index >= 15 is 0 Å². The average Bonchev–Trinajstić information content (AvgIpc) is 2.23. The van der Waals surface area contributed by atoms with Gasteiger partial charge in [-0.3, -0.25) is 0 Å². The van der Waals surface area contributed by atoms with E-state index in [-0.39, 0.29) is 6.04 Å². The molecule has 0 heterocycles. The molecule has 1 atom stereocenters. The maximum absolute atomic E-state index is 5.83. The highest BCUT2D eigenvalue weighted by Gasteiger charge is 2.07. The Kier molecular flexibility index (Phi) is 4.93. The Bertz CT molecular complexity index is 336. The van der Waals surface area contributed by atoms with Crippen molar-refractivity contribution in [1.82, 2.24) is 4.90 Å². The summed E-state index contributed by atoms with van der Waals surface area (Å²) in [4.78, 5) is 2.22. The average molecular weight is 221 g/mol. The number of nitrogens with two attached hydrogens (primary N) is 2. The van der Waals surface area contributed by atoms with E-state index in [9.17, 15) is 0 Å². The van der Waals surface area contributed by atoms with Gasteiger partial charge in [-0.15, -0.1) is 0 Å². The van der Waals surface area contributed by atoms with Crippen LogP contribution in [0, 0.1) is 13.8 Å². The van der Waals surface area contributed by atoms with Crippen molar-refractivity contribution in [1.29, 1.82) is 0 Å². The van der Waals surface area contributed by atoms with E-state index < -0.39 is 0 Å². The minimum atomic E-state index is 0.0649. The highest BCUT2D eigenvalue weighted by molar-refractivity contribution is 5.30. The summed E-state index contributed by atoms with van der Waals surface area (Å²) in [5, 5.41) is 0. The van der Waals surface area contributed by atoms with E-state index in [1.54, 1.807) is 0 Å². The van der Waals surface area contributed by atoms with Gasteiger partial charge in [0, 0.05) is 25.7 Å². The van der Waals surface area contributed by atoms with E-state index in [1.807, 2.05) is 0 Å². The molecule has 0 radical (unpaired) electrons. The molecule has 0 bridgehead atoms. The number of hydrogen-bond donors (Lipinski definition) is 2. The van der Waals surface area contributed by atoms with Crippen molar-refractivity contribution >= 4 is 0 Å². The Morgan fingerprint density at radius 3 is 2.62 bits per heavy atom. The number of hydrogen-bond acceptors (Lipinski definition) is 3. The second kappa shape index (κ2) is 5.99. The zero-order valence-corrected chi connectivity index (χ0v) is 10.5. The lowest BCUT2D eigenvalue weighted by molar-refractivity contribution is 0.304. The maximum Gasteiger partial charge on any atom is 0.0292 e. The van der Waals surface area contributed by atoms with Crippen molar-refractivity contribution < 1.29 is 0 Å². The van der Waals surface area contributed by atoms with Gasteiger partial charge >= 0.3 is 0 Å². The summed E-state index contributed by atoms with van der Waals surface area (Å²) in [6, 6.07) is 6.61. The van der Waals surface area contributed by atoms with E-state index in [0.29, 0.717) is 6.54 Å². The Labute approximate surface area is 98.4 Å². The molecule has 0 aliphatic heterocycles. The standard InChI is InChI=1S/C13H23N3/c1-10-4-5-11(2)12(6-10)8-16(3)9-13(15)7-14/h4-6,13H,7-9,14-15H2,1-3H3. The first-order valence-corrected chi connectivity index (χ1v) is 5.73. The molecule has 1 rings (SSSR count). The van der Waals surface area contributed by atoms with Crippen LogP contribution in [0.25, 0.3) is 0 Å². The molecule has 0 saturated carbocycles. The Morgan fingerprint density at radius 2 is 2.00 bits per heavy atom. The van der Waals surface area contributed by atoms with Crippen LogP contribution in [0.15, 0.2) is 18.2 Å². The summed E-state index contributed by atoms with van der Waals surface area (Å²) < 4.78 is 0. The Morgan fingerprint density at radius 1 is 1.31 bits per heavy atom. The fourth-order valence-electron chi connectivity index (χ4n) is 1.80. The lowest BCUT2D eigenvalue weighted by atomic mass is 10.1. The summed E-state index contributed by atoms with van der Waals surface area (Å²) in [5.41, 5.74) is 15.3. The molecule has 0 fully saturated rings. The number of aryl methyl sites for hydroxylation is 2. The van der Waals surface area contributed by atoms with Crippen LogP contribution < -0.4 is 11.5 Å². The summed E-state index contributed by atoms with van der Waals surface area (Å²) in [6.07, 6.45) is 0. The van der Waals surface area contributed by atoms with Gasteiger partial charge < -0.3 is 16.4 Å². The lowest BCUT2D eigenvalue weighted by Gasteiger charge is -2.21. The van der Waals surface area contributed by atoms with Gasteiger partial charge in [-0.05, 0) is 32.0 Å². The molecule has 1 aromatic carbocycles. The molecule has 3 heteroatoms. The van der Waals surface area contributed by atoms with Crippen molar-refractivity contribution in [2.24, 2.45) is 11.5 Å². The number of benzene rings is 1. The molecular weight excluding hydrogens is 198 g/mol. The largest absolute Gasteiger partial charge is 0.329 e. The maximum atomic E-state index is 5.83. The van der Waals surface area contributed by atoms with Crippen LogP contribution in [0.5, 0.6) is 0 Å². The first-order chi connectivity index (χ1) is 7.52. The molecule has 0 aliphatic rings. The summed E-state index contributed by atoms with van der Waals surface area (Å²) in [6.45, 7) is 6.57. The third-order valence-corrected chi connectivity index (χ3v) is 2.79. The van der Waals surface area contributed by atoms with Crippen LogP contribution in [0.1, 0.15) is 16.7 Å². The normalized spacial score (nSPS) is 13.1. The molecule has 4 N–H and O–H groups in total. The second-order valence-corrected chi connectivity index (χ2v) is 4.62. The fourth-order valence-corrected chi connectivity index (χ4v) is 1.80. The molecular formula is C13H23N3. The monoisotopic (exact) mass is 221 g/mol. The van der Waals surface area contributed by atoms with Crippen molar-refractivity contribution in [3.63, 3.8) is 0 Å². The van der Waals surface area contributed by atoms with Gasteiger partial charge in [0.25, 0.3) is 0 Å². The van der Waals surface area contributed by atoms with Crippen molar-refractivity contribution in [3.8, 4) is 0 Å². The van der Waals surface area contributed by atoms with Crippen LogP contribution in [-0.2, 0) is 6.54 Å². The number of rotatable bonds is 5. The van der Waals surface area contributed by atoms with Crippen LogP contribution in [0.4, 0.5) is 0 Å². The molecule has 3 nitrogen and oxygen atoms in total. The van der Waals surface area contributed by atoms with Crippen molar-refractivity contribution in [2.75, 3.05) is 20.1 Å². The lowest BCUT2D eigenvalue weighted by Crippen LogP contribution is -2.40. The van der Waals surface area contributed by atoms with Gasteiger partial charge in [0.1, 0.15) is 0 Å². The quantitative estimate of drug-likeness (QED) is 0.780. The number of likely N-dealkylation sites (N-methyl/N-ethyl adjacent to an activating group) is 1. The third-order valence-electron chi connectivity index (χ3n) is 2.79. The SMILES string of the molecule is Cc1ccc(C)c(CN(C)CC(N)CN)c1. The fraction of sp³-hybridized carbons (Fsp3) is 0.538. The summed E-state index contributed by atoms with van der Waals surface area (Å²) in [5.74, 6) is 0. The zero-order valence-electron chi connectivity index (χ0n) is 10.5. The molecule has 1 aromatic rings. The topological polar surface area (TPSA) is 55.3 Å². The van der Waals surface area contributed by atoms with Crippen molar-refractivity contribution in [2.45, 2.75) is 26.4 Å². The minimum Gasteiger partial charge on any atom is -0.329 e. The molecule has 0 spiro atoms. The van der Waals surface area contributed by atoms with Crippen molar-refractivity contribution in [3.05, 3.63) is 34.9 Å². The smallest absolute Gasteiger partial charge is 0.0292 e. The molecule has 0 aliphatic carbocycles. The van der Waals surface area contributed by atoms with Gasteiger partial charge in [0.2, 0.25) is 0 Å². The third kappa shape index (κ3) is 3.93. The van der Waals surface area contributed by atoms with Gasteiger partial charge in [-0.2, -0.15) is 0 Å². The highest BCUT2D eigenvalue weighted by Crippen LogP contribution is 2.12. The van der Waals surface area contributed by atoms with E-state index in [1.165, 1.54) is 16.7 Å².